The Morgan fingerprint density at radius 1 is 0.951 bits per heavy atom. The Hall–Kier alpha value is -3.99. The van der Waals surface area contributed by atoms with Gasteiger partial charge in [0, 0.05) is 48.0 Å². The van der Waals surface area contributed by atoms with Gasteiger partial charge in [-0.2, -0.15) is 0 Å². The van der Waals surface area contributed by atoms with Gasteiger partial charge in [-0.25, -0.2) is 0 Å². The van der Waals surface area contributed by atoms with E-state index in [-0.39, 0.29) is 45.3 Å². The number of phenols is 1. The first-order valence-corrected chi connectivity index (χ1v) is 14.6. The molecular weight excluding hydrogens is 510 g/mol. The number of allylic oxidation sites excluding steroid dienone is 1. The normalized spacial score (nSPS) is 21.2. The molecule has 1 N–H and O–H groups in total. The summed E-state index contributed by atoms with van der Waals surface area (Å²) in [5.41, 5.74) is 2.54. The van der Waals surface area contributed by atoms with E-state index in [9.17, 15) is 19.5 Å². The van der Waals surface area contributed by atoms with Gasteiger partial charge >= 0.3 is 0 Å². The van der Waals surface area contributed by atoms with Crippen molar-refractivity contribution in [2.45, 2.75) is 53.9 Å². The molecule has 212 valence electrons. The molecule has 5 rings (SSSR count). The maximum absolute atomic E-state index is 14.6. The molecule has 2 atom stereocenters. The number of carbonyl (C=O) groups excluding carboxylic acids is 3. The average Bonchev–Trinajstić information content (AvgIpc) is 3.33. The van der Waals surface area contributed by atoms with Crippen LogP contribution in [0.15, 0.2) is 72.3 Å². The zero-order valence-electron chi connectivity index (χ0n) is 24.7. The van der Waals surface area contributed by atoms with Gasteiger partial charge in [-0.05, 0) is 68.7 Å². The Morgan fingerprint density at radius 3 is 2.17 bits per heavy atom. The third-order valence-corrected chi connectivity index (χ3v) is 9.76. The van der Waals surface area contributed by atoms with E-state index in [1.807, 2.05) is 57.2 Å². The van der Waals surface area contributed by atoms with Crippen LogP contribution in [0.25, 0.3) is 6.08 Å². The van der Waals surface area contributed by atoms with Gasteiger partial charge in [0.25, 0.3) is 0 Å². The van der Waals surface area contributed by atoms with Gasteiger partial charge < -0.3 is 10.0 Å². The minimum atomic E-state index is -0.913. The summed E-state index contributed by atoms with van der Waals surface area (Å²) in [4.78, 5) is 44.3. The number of nitrogens with zero attached hydrogens (tertiary/aromatic N) is 1. The predicted molar refractivity (Wildman–Crippen MR) is 164 cm³/mol. The molecule has 2 aliphatic carbocycles. The summed E-state index contributed by atoms with van der Waals surface area (Å²) in [6.45, 7) is 11.8. The van der Waals surface area contributed by atoms with Crippen LogP contribution in [0.2, 0.25) is 0 Å². The molecule has 0 saturated heterocycles. The van der Waals surface area contributed by atoms with Crippen LogP contribution in [0.3, 0.4) is 0 Å². The van der Waals surface area contributed by atoms with E-state index >= 15 is 0 Å². The third kappa shape index (κ3) is 4.61. The fraction of sp³-hybridized carbons (Fsp3) is 0.361. The van der Waals surface area contributed by atoms with Gasteiger partial charge in [-0.1, -0.05) is 67.9 Å². The second kappa shape index (κ2) is 10.8. The smallest absolute Gasteiger partial charge is 0.197 e. The molecule has 2 bridgehead atoms. The summed E-state index contributed by atoms with van der Waals surface area (Å²) in [5, 5.41) is 10.9. The third-order valence-electron chi connectivity index (χ3n) is 9.76. The van der Waals surface area contributed by atoms with Crippen LogP contribution in [0.4, 0.5) is 5.69 Å². The minimum Gasteiger partial charge on any atom is -0.507 e. The molecule has 0 aliphatic heterocycles. The highest BCUT2D eigenvalue weighted by atomic mass is 16.3. The Labute approximate surface area is 242 Å². The molecule has 41 heavy (non-hydrogen) atoms. The van der Waals surface area contributed by atoms with Crippen LogP contribution in [-0.4, -0.2) is 35.5 Å². The highest BCUT2D eigenvalue weighted by Gasteiger charge is 2.66. The van der Waals surface area contributed by atoms with Crippen LogP contribution in [-0.2, 0) is 4.79 Å². The van der Waals surface area contributed by atoms with Crippen molar-refractivity contribution in [2.24, 2.45) is 16.7 Å². The number of rotatable bonds is 9. The number of Topliss-reactive ketones (excluding diaryl/α,β-unsaturated/α-hetero) is 2. The van der Waals surface area contributed by atoms with Gasteiger partial charge in [-0.3, -0.25) is 14.4 Å². The Kier molecular flexibility index (Phi) is 7.50. The average molecular weight is 550 g/mol. The Bertz CT molecular complexity index is 1540. The topological polar surface area (TPSA) is 74.7 Å². The lowest BCUT2D eigenvalue weighted by atomic mass is 9.62. The van der Waals surface area contributed by atoms with E-state index < -0.39 is 11.2 Å². The first-order valence-electron chi connectivity index (χ1n) is 14.6. The number of aryl methyl sites for hydroxylation is 1. The van der Waals surface area contributed by atoms with Crippen LogP contribution in [0.1, 0.15) is 84.4 Å². The fourth-order valence-electron chi connectivity index (χ4n) is 7.19. The number of phenolic OH excluding ortho intramolecular Hbond substituents is 1. The molecule has 0 amide bonds. The minimum absolute atomic E-state index is 0.110. The Balaban J connectivity index is 1.62. The van der Waals surface area contributed by atoms with Crippen molar-refractivity contribution < 1.29 is 19.5 Å². The lowest BCUT2D eigenvalue weighted by molar-refractivity contribution is -0.126. The van der Waals surface area contributed by atoms with Crippen molar-refractivity contribution in [3.63, 3.8) is 0 Å². The summed E-state index contributed by atoms with van der Waals surface area (Å²) in [6, 6.07) is 19.7. The summed E-state index contributed by atoms with van der Waals surface area (Å²) in [7, 11) is 0. The van der Waals surface area contributed by atoms with Crippen LogP contribution in [0, 0.1) is 23.7 Å². The number of benzene rings is 3. The van der Waals surface area contributed by atoms with Crippen molar-refractivity contribution in [3.05, 3.63) is 100 Å². The molecule has 3 aromatic rings. The second-order valence-corrected chi connectivity index (χ2v) is 12.0. The molecule has 2 unspecified atom stereocenters. The number of ketones is 3. The molecule has 0 aromatic heterocycles. The van der Waals surface area contributed by atoms with Gasteiger partial charge in [0.1, 0.15) is 11.5 Å². The van der Waals surface area contributed by atoms with E-state index in [1.54, 1.807) is 36.4 Å². The van der Waals surface area contributed by atoms with Crippen molar-refractivity contribution in [2.75, 3.05) is 18.0 Å². The number of carbonyl (C=O) groups is 3. The maximum atomic E-state index is 14.6. The number of fused-ring (bicyclic) bond motifs is 2. The molecule has 0 radical (unpaired) electrons. The molecule has 5 nitrogen and oxygen atoms in total. The molecular formula is C36H39NO4. The fourth-order valence-corrected chi connectivity index (χ4v) is 7.19. The van der Waals surface area contributed by atoms with Crippen molar-refractivity contribution in [1.82, 2.24) is 0 Å². The standard InChI is InChI=1S/C36H39NO4/c1-6-37(7-2)26-16-17-29(31(38)22-26)33(40)27-10-8-9-11-28(27)34(41)30(20-24-14-12-23(3)13-15-24)36-19-18-25(21-32(36)39)35(36,4)5/h8-17,20,22,25,38H,6-7,18-19,21H2,1-5H3. The molecule has 2 aliphatic rings. The first-order chi connectivity index (χ1) is 19.5. The summed E-state index contributed by atoms with van der Waals surface area (Å²) < 4.78 is 0. The van der Waals surface area contributed by atoms with Crippen molar-refractivity contribution in [3.8, 4) is 5.75 Å². The predicted octanol–water partition coefficient (Wildman–Crippen LogP) is 7.44. The monoisotopic (exact) mass is 549 g/mol. The second-order valence-electron chi connectivity index (χ2n) is 12.0. The quantitative estimate of drug-likeness (QED) is 0.222. The number of hydrogen-bond donors (Lipinski definition) is 1. The van der Waals surface area contributed by atoms with Crippen LogP contribution >= 0.6 is 0 Å². The van der Waals surface area contributed by atoms with E-state index in [0.29, 0.717) is 18.4 Å². The SMILES string of the molecule is CCN(CC)c1ccc(C(=O)c2ccccc2C(=O)C(=Cc2ccc(C)cc2)C23CCC(CC2=O)C3(C)C)c(O)c1. The molecule has 0 spiro atoms. The van der Waals surface area contributed by atoms with Gasteiger partial charge in [0.2, 0.25) is 0 Å². The number of anilines is 1. The summed E-state index contributed by atoms with van der Waals surface area (Å²) in [5.74, 6) is -0.522. The van der Waals surface area contributed by atoms with Gasteiger partial charge in [0.05, 0.1) is 11.0 Å². The summed E-state index contributed by atoms with van der Waals surface area (Å²) >= 11 is 0. The van der Waals surface area contributed by atoms with Crippen molar-refractivity contribution in [1.29, 1.82) is 0 Å². The first kappa shape index (κ1) is 28.5. The highest BCUT2D eigenvalue weighted by Crippen LogP contribution is 2.67. The van der Waals surface area contributed by atoms with Gasteiger partial charge in [0.15, 0.2) is 11.6 Å². The van der Waals surface area contributed by atoms with E-state index in [0.717, 1.165) is 36.3 Å². The Morgan fingerprint density at radius 2 is 1.61 bits per heavy atom. The molecule has 0 heterocycles. The lowest BCUT2D eigenvalue weighted by Gasteiger charge is -2.38. The van der Waals surface area contributed by atoms with Crippen LogP contribution in [0.5, 0.6) is 5.75 Å². The van der Waals surface area contributed by atoms with Crippen LogP contribution < -0.4 is 4.90 Å². The molecule has 3 aromatic carbocycles. The van der Waals surface area contributed by atoms with Crippen molar-refractivity contribution >= 4 is 29.1 Å². The molecule has 5 heteroatoms. The maximum Gasteiger partial charge on any atom is 0.197 e. The lowest BCUT2D eigenvalue weighted by Crippen LogP contribution is -2.40. The zero-order chi connectivity index (χ0) is 29.5. The molecule has 2 saturated carbocycles. The molecule has 2 fully saturated rings. The highest BCUT2D eigenvalue weighted by molar-refractivity contribution is 6.23. The summed E-state index contributed by atoms with van der Waals surface area (Å²) in [6.07, 6.45) is 3.85. The van der Waals surface area contributed by atoms with E-state index in [4.69, 9.17) is 0 Å². The van der Waals surface area contributed by atoms with Gasteiger partial charge in [-0.15, -0.1) is 0 Å². The van der Waals surface area contributed by atoms with E-state index in [2.05, 4.69) is 18.7 Å². The zero-order valence-corrected chi connectivity index (χ0v) is 24.7. The number of aromatic hydroxyl groups is 1. The number of hydrogen-bond acceptors (Lipinski definition) is 5. The largest absolute Gasteiger partial charge is 0.507 e. The van der Waals surface area contributed by atoms with E-state index in [1.165, 1.54) is 0 Å².